The summed E-state index contributed by atoms with van der Waals surface area (Å²) in [6, 6.07) is 4.11. The van der Waals surface area contributed by atoms with Gasteiger partial charge in [0.1, 0.15) is 11.6 Å². The summed E-state index contributed by atoms with van der Waals surface area (Å²) in [5.74, 6) is 0.853. The normalized spacial score (nSPS) is 12.4. The summed E-state index contributed by atoms with van der Waals surface area (Å²) >= 11 is 1.05. The lowest BCUT2D eigenvalue weighted by atomic mass is 9.84. The predicted molar refractivity (Wildman–Crippen MR) is 134 cm³/mol. The van der Waals surface area contributed by atoms with Crippen LogP contribution in [-0.4, -0.2) is 38.1 Å². The fourth-order valence-electron chi connectivity index (χ4n) is 3.50. The Labute approximate surface area is 200 Å². The molecule has 0 aliphatic heterocycles. The number of hydrogen-bond acceptors (Lipinski definition) is 7. The summed E-state index contributed by atoms with van der Waals surface area (Å²) in [7, 11) is 0. The number of aliphatic hydroxyl groups excluding tert-OH is 1. The van der Waals surface area contributed by atoms with E-state index in [1.807, 2.05) is 13.8 Å². The summed E-state index contributed by atoms with van der Waals surface area (Å²) in [5, 5.41) is 9.50. The first kappa shape index (κ1) is 26.5. The Kier molecular flexibility index (Phi) is 8.80. The lowest BCUT2D eigenvalue weighted by Gasteiger charge is -2.23. The molecule has 8 heteroatoms. The van der Waals surface area contributed by atoms with Crippen molar-refractivity contribution in [1.29, 1.82) is 0 Å². The number of anilines is 1. The second-order valence-corrected chi connectivity index (χ2v) is 10.2. The van der Waals surface area contributed by atoms with E-state index in [1.54, 1.807) is 20.0 Å². The van der Waals surface area contributed by atoms with E-state index in [9.17, 15) is 14.7 Å². The first-order chi connectivity index (χ1) is 15.4. The van der Waals surface area contributed by atoms with Crippen LogP contribution in [0, 0.1) is 20.8 Å². The van der Waals surface area contributed by atoms with Gasteiger partial charge in [0, 0.05) is 41.0 Å². The molecule has 0 atom stereocenters. The average Bonchev–Trinajstić information content (AvgIpc) is 2.71. The fraction of sp³-hybridized carbons (Fsp3) is 0.440. The van der Waals surface area contributed by atoms with Crippen LogP contribution in [0.4, 0.5) is 5.82 Å². The second kappa shape index (κ2) is 10.9. The summed E-state index contributed by atoms with van der Waals surface area (Å²) in [6.07, 6.45) is 2.53. The van der Waals surface area contributed by atoms with Crippen molar-refractivity contribution < 1.29 is 14.7 Å². The minimum Gasteiger partial charge on any atom is -0.396 e. The summed E-state index contributed by atoms with van der Waals surface area (Å²) in [4.78, 5) is 35.6. The number of benzene rings is 1. The van der Waals surface area contributed by atoms with Crippen molar-refractivity contribution in [2.75, 3.05) is 12.3 Å². The molecule has 0 aliphatic rings. The smallest absolute Gasteiger partial charge is 0.224 e. The number of hydrogen-bond donors (Lipinski definition) is 2. The van der Waals surface area contributed by atoms with Crippen molar-refractivity contribution in [3.63, 3.8) is 0 Å². The van der Waals surface area contributed by atoms with Gasteiger partial charge >= 0.3 is 0 Å². The number of aryl methyl sites for hydroxylation is 3. The molecule has 1 amide bonds. The SMILES string of the molecule is CC(=C(CCO)SC(=O)c1c(C)cc(C(C)(C)C)cc1C)N(C=O)Cc1cnc(C)nc1N. The van der Waals surface area contributed by atoms with Gasteiger partial charge in [0.05, 0.1) is 6.54 Å². The van der Waals surface area contributed by atoms with E-state index in [0.717, 1.165) is 22.9 Å². The van der Waals surface area contributed by atoms with E-state index in [-0.39, 0.29) is 30.1 Å². The number of rotatable bonds is 8. The van der Waals surface area contributed by atoms with Gasteiger partial charge in [0.15, 0.2) is 0 Å². The number of thioether (sulfide) groups is 1. The molecular formula is C25H34N4O3S. The zero-order valence-corrected chi connectivity index (χ0v) is 21.3. The van der Waals surface area contributed by atoms with Crippen LogP contribution in [0.3, 0.4) is 0 Å². The Hall–Kier alpha value is -2.71. The molecule has 0 saturated heterocycles. The van der Waals surface area contributed by atoms with Gasteiger partial charge in [0.2, 0.25) is 11.5 Å². The molecular weight excluding hydrogens is 436 g/mol. The van der Waals surface area contributed by atoms with E-state index in [4.69, 9.17) is 5.73 Å². The average molecular weight is 471 g/mol. The number of nitrogens with two attached hydrogens (primary N) is 1. The third-order valence-electron chi connectivity index (χ3n) is 5.48. The lowest BCUT2D eigenvalue weighted by molar-refractivity contribution is -0.116. The van der Waals surface area contributed by atoms with Crippen LogP contribution < -0.4 is 5.73 Å². The molecule has 2 aromatic rings. The molecule has 178 valence electrons. The topological polar surface area (TPSA) is 109 Å². The van der Waals surface area contributed by atoms with Crippen molar-refractivity contribution in [2.24, 2.45) is 0 Å². The highest BCUT2D eigenvalue weighted by Gasteiger charge is 2.22. The van der Waals surface area contributed by atoms with Gasteiger partial charge in [-0.2, -0.15) is 0 Å². The van der Waals surface area contributed by atoms with Crippen LogP contribution in [0.5, 0.6) is 0 Å². The highest BCUT2D eigenvalue weighted by atomic mass is 32.2. The van der Waals surface area contributed by atoms with Crippen molar-refractivity contribution in [2.45, 2.75) is 66.8 Å². The quantitative estimate of drug-likeness (QED) is 0.549. The van der Waals surface area contributed by atoms with Crippen LogP contribution in [-0.2, 0) is 16.8 Å². The van der Waals surface area contributed by atoms with Crippen LogP contribution in [0.2, 0.25) is 0 Å². The third kappa shape index (κ3) is 6.65. The molecule has 1 aromatic heterocycles. The predicted octanol–water partition coefficient (Wildman–Crippen LogP) is 4.43. The van der Waals surface area contributed by atoms with E-state index in [1.165, 1.54) is 10.5 Å². The van der Waals surface area contributed by atoms with Crippen LogP contribution in [0.1, 0.15) is 72.6 Å². The largest absolute Gasteiger partial charge is 0.396 e. The van der Waals surface area contributed by atoms with E-state index in [0.29, 0.717) is 39.8 Å². The van der Waals surface area contributed by atoms with Crippen molar-refractivity contribution in [3.8, 4) is 0 Å². The molecule has 2 rings (SSSR count). The minimum atomic E-state index is -0.143. The van der Waals surface area contributed by atoms with E-state index < -0.39 is 0 Å². The van der Waals surface area contributed by atoms with Gasteiger partial charge in [-0.25, -0.2) is 9.97 Å². The Balaban J connectivity index is 2.38. The summed E-state index contributed by atoms with van der Waals surface area (Å²) in [6.45, 7) is 13.8. The molecule has 7 nitrogen and oxygen atoms in total. The van der Waals surface area contributed by atoms with Crippen LogP contribution in [0.15, 0.2) is 28.9 Å². The van der Waals surface area contributed by atoms with Gasteiger partial charge < -0.3 is 15.7 Å². The second-order valence-electron chi connectivity index (χ2n) is 9.17. The van der Waals surface area contributed by atoms with E-state index >= 15 is 0 Å². The standard InChI is InChI=1S/C25H34N4O3S/c1-15-10-20(25(5,6)7)11-16(2)22(15)24(32)33-21(8-9-30)17(3)29(14-31)13-19-12-27-18(4)28-23(19)26/h10-12,14,30H,8-9,13H2,1-7H3,(H2,26,27,28). The summed E-state index contributed by atoms with van der Waals surface area (Å²) < 4.78 is 0. The molecule has 0 spiro atoms. The number of carbonyl (C=O) groups is 2. The Morgan fingerprint density at radius 1 is 1.21 bits per heavy atom. The molecule has 0 aliphatic carbocycles. The van der Waals surface area contributed by atoms with Gasteiger partial charge in [-0.3, -0.25) is 9.59 Å². The maximum Gasteiger partial charge on any atom is 0.224 e. The number of amides is 1. The number of carbonyl (C=O) groups excluding carboxylic acids is 2. The number of aliphatic hydroxyl groups is 1. The van der Waals surface area contributed by atoms with Gasteiger partial charge in [-0.1, -0.05) is 32.9 Å². The first-order valence-corrected chi connectivity index (χ1v) is 11.6. The Morgan fingerprint density at radius 2 is 1.82 bits per heavy atom. The number of nitrogens with zero attached hydrogens (tertiary/aromatic N) is 3. The molecule has 0 fully saturated rings. The number of allylic oxidation sites excluding steroid dienone is 1. The summed E-state index contributed by atoms with van der Waals surface area (Å²) in [5.41, 5.74) is 10.8. The Morgan fingerprint density at radius 3 is 2.30 bits per heavy atom. The maximum atomic E-state index is 13.3. The Bertz CT molecular complexity index is 1050. The van der Waals surface area contributed by atoms with Crippen molar-refractivity contribution >= 4 is 29.1 Å². The highest BCUT2D eigenvalue weighted by molar-refractivity contribution is 8.17. The maximum absolute atomic E-state index is 13.3. The molecule has 0 unspecified atom stereocenters. The first-order valence-electron chi connectivity index (χ1n) is 10.8. The van der Waals surface area contributed by atoms with Crippen LogP contribution >= 0.6 is 11.8 Å². The molecule has 0 saturated carbocycles. The number of nitrogen functional groups attached to an aromatic ring is 1. The minimum absolute atomic E-state index is 0.0191. The van der Waals surface area contributed by atoms with Crippen LogP contribution in [0.25, 0.3) is 0 Å². The lowest BCUT2D eigenvalue weighted by Crippen LogP contribution is -2.22. The molecule has 3 N–H and O–H groups in total. The molecule has 0 bridgehead atoms. The zero-order valence-electron chi connectivity index (χ0n) is 20.5. The zero-order chi connectivity index (χ0) is 24.9. The molecule has 1 heterocycles. The molecule has 0 radical (unpaired) electrons. The third-order valence-corrected chi connectivity index (χ3v) is 6.61. The molecule has 33 heavy (non-hydrogen) atoms. The van der Waals surface area contributed by atoms with Crippen molar-refractivity contribution in [3.05, 3.63) is 62.6 Å². The van der Waals surface area contributed by atoms with Crippen molar-refractivity contribution in [1.82, 2.24) is 14.9 Å². The number of aromatic nitrogens is 2. The fourth-order valence-corrected chi connectivity index (χ4v) is 4.61. The van der Waals surface area contributed by atoms with Gasteiger partial charge in [-0.05, 0) is 61.6 Å². The highest BCUT2D eigenvalue weighted by Crippen LogP contribution is 2.33. The molecule has 1 aromatic carbocycles. The monoisotopic (exact) mass is 470 g/mol. The van der Waals surface area contributed by atoms with E-state index in [2.05, 4.69) is 42.9 Å². The van der Waals surface area contributed by atoms with Gasteiger partial charge in [-0.15, -0.1) is 0 Å². The van der Waals surface area contributed by atoms with Gasteiger partial charge in [0.25, 0.3) is 0 Å².